The Bertz CT molecular complexity index is 898. The Morgan fingerprint density at radius 3 is 3.00 bits per heavy atom. The van der Waals surface area contributed by atoms with Gasteiger partial charge in [-0.05, 0) is 43.4 Å². The molecule has 1 atom stereocenters. The van der Waals surface area contributed by atoms with Gasteiger partial charge in [-0.1, -0.05) is 6.07 Å². The molecule has 1 aliphatic carbocycles. The van der Waals surface area contributed by atoms with Crippen LogP contribution in [0.1, 0.15) is 42.1 Å². The van der Waals surface area contributed by atoms with E-state index in [9.17, 15) is 4.79 Å². The molecule has 0 unspecified atom stereocenters. The molecule has 7 heteroatoms. The molecule has 1 aliphatic rings. The van der Waals surface area contributed by atoms with Gasteiger partial charge in [-0.2, -0.15) is 10.2 Å². The largest absolute Gasteiger partial charge is 0.349 e. The van der Waals surface area contributed by atoms with Gasteiger partial charge in [0.05, 0.1) is 24.1 Å². The van der Waals surface area contributed by atoms with Gasteiger partial charge >= 0.3 is 0 Å². The zero-order chi connectivity index (χ0) is 17.9. The molecule has 0 saturated carbocycles. The second-order valence-electron chi connectivity index (χ2n) is 6.68. The van der Waals surface area contributed by atoms with Crippen molar-refractivity contribution >= 4 is 5.91 Å². The number of amides is 1. The van der Waals surface area contributed by atoms with E-state index in [1.54, 1.807) is 10.9 Å². The number of aromatic nitrogens is 5. The lowest BCUT2D eigenvalue weighted by molar-refractivity contribution is -0.121. The van der Waals surface area contributed by atoms with Crippen LogP contribution in [0, 0.1) is 0 Å². The normalized spacial score (nSPS) is 16.3. The number of pyridine rings is 1. The third-order valence-electron chi connectivity index (χ3n) is 4.78. The molecule has 4 rings (SSSR count). The maximum Gasteiger partial charge on any atom is 0.220 e. The number of nitrogens with zero attached hydrogens (tertiary/aromatic N) is 5. The lowest BCUT2D eigenvalue weighted by Gasteiger charge is -2.24. The van der Waals surface area contributed by atoms with Crippen molar-refractivity contribution in [3.05, 3.63) is 59.8 Å². The summed E-state index contributed by atoms with van der Waals surface area (Å²) < 4.78 is 3.65. The van der Waals surface area contributed by atoms with Crippen molar-refractivity contribution in [3.8, 4) is 5.82 Å². The van der Waals surface area contributed by atoms with Gasteiger partial charge < -0.3 is 5.32 Å². The highest BCUT2D eigenvalue weighted by Gasteiger charge is 2.26. The average molecular weight is 350 g/mol. The van der Waals surface area contributed by atoms with Crippen molar-refractivity contribution < 1.29 is 4.79 Å². The van der Waals surface area contributed by atoms with Crippen LogP contribution in [0.3, 0.4) is 0 Å². The molecule has 1 N–H and O–H groups in total. The number of carbonyl (C=O) groups excluding carboxylic acids is 1. The molecule has 0 bridgehead atoms. The Hall–Kier alpha value is -2.96. The molecule has 7 nitrogen and oxygen atoms in total. The van der Waals surface area contributed by atoms with Gasteiger partial charge in [-0.15, -0.1) is 0 Å². The van der Waals surface area contributed by atoms with E-state index in [4.69, 9.17) is 0 Å². The zero-order valence-electron chi connectivity index (χ0n) is 14.8. The van der Waals surface area contributed by atoms with E-state index in [1.807, 2.05) is 48.5 Å². The fourth-order valence-electron chi connectivity index (χ4n) is 3.51. The van der Waals surface area contributed by atoms with Gasteiger partial charge in [-0.3, -0.25) is 9.48 Å². The molecule has 3 aromatic heterocycles. The molecule has 0 spiro atoms. The summed E-state index contributed by atoms with van der Waals surface area (Å²) in [6.07, 6.45) is 11.5. The minimum Gasteiger partial charge on any atom is -0.349 e. The zero-order valence-corrected chi connectivity index (χ0v) is 14.8. The van der Waals surface area contributed by atoms with Crippen LogP contribution in [0.15, 0.2) is 43.0 Å². The fraction of sp³-hybridized carbons (Fsp3) is 0.368. The van der Waals surface area contributed by atoms with Crippen LogP contribution < -0.4 is 5.32 Å². The second kappa shape index (κ2) is 7.11. The number of hydrogen-bond donors (Lipinski definition) is 1. The molecule has 0 aliphatic heterocycles. The number of aryl methyl sites for hydroxylation is 2. The Balaban J connectivity index is 1.45. The first-order valence-corrected chi connectivity index (χ1v) is 8.96. The van der Waals surface area contributed by atoms with E-state index in [1.165, 1.54) is 0 Å². The summed E-state index contributed by atoms with van der Waals surface area (Å²) in [5.41, 5.74) is 3.33. The van der Waals surface area contributed by atoms with Crippen molar-refractivity contribution in [2.75, 3.05) is 0 Å². The summed E-state index contributed by atoms with van der Waals surface area (Å²) in [6, 6.07) is 5.82. The van der Waals surface area contributed by atoms with Crippen LogP contribution in [-0.4, -0.2) is 30.5 Å². The first-order valence-electron chi connectivity index (χ1n) is 8.96. The van der Waals surface area contributed by atoms with Crippen LogP contribution in [0.2, 0.25) is 0 Å². The molecule has 0 radical (unpaired) electrons. The van der Waals surface area contributed by atoms with Crippen LogP contribution >= 0.6 is 0 Å². The predicted molar refractivity (Wildman–Crippen MR) is 96.7 cm³/mol. The Kier molecular flexibility index (Phi) is 4.51. The number of rotatable bonds is 5. The molecule has 0 saturated heterocycles. The van der Waals surface area contributed by atoms with Gasteiger partial charge in [0.1, 0.15) is 0 Å². The summed E-state index contributed by atoms with van der Waals surface area (Å²) in [5, 5.41) is 11.8. The SMILES string of the molecule is Cn1cc(CCC(=O)N[C@@H]2CCCc3c2cnn3-c2ccccn2)cn1. The highest BCUT2D eigenvalue weighted by molar-refractivity contribution is 5.76. The van der Waals surface area contributed by atoms with Crippen LogP contribution in [-0.2, 0) is 24.7 Å². The van der Waals surface area contributed by atoms with Gasteiger partial charge in [-0.25, -0.2) is 9.67 Å². The Labute approximate surface area is 152 Å². The molecule has 3 heterocycles. The van der Waals surface area contributed by atoms with Crippen LogP contribution in [0.4, 0.5) is 0 Å². The van der Waals surface area contributed by atoms with Crippen molar-refractivity contribution in [3.63, 3.8) is 0 Å². The molecule has 0 fully saturated rings. The number of fused-ring (bicyclic) bond motifs is 1. The van der Waals surface area contributed by atoms with Crippen molar-refractivity contribution in [2.45, 2.75) is 38.1 Å². The quantitative estimate of drug-likeness (QED) is 0.765. The van der Waals surface area contributed by atoms with Crippen LogP contribution in [0.25, 0.3) is 5.82 Å². The minimum atomic E-state index is 0.0256. The predicted octanol–water partition coefficient (Wildman–Crippen LogP) is 2.13. The molecule has 0 aromatic carbocycles. The molecule has 3 aromatic rings. The lowest BCUT2D eigenvalue weighted by Crippen LogP contribution is -2.31. The van der Waals surface area contributed by atoms with E-state index >= 15 is 0 Å². The number of carbonyl (C=O) groups is 1. The molecular weight excluding hydrogens is 328 g/mol. The van der Waals surface area contributed by atoms with Gasteiger partial charge in [0.2, 0.25) is 5.91 Å². The summed E-state index contributed by atoms with van der Waals surface area (Å²) in [6.45, 7) is 0. The molecule has 134 valence electrons. The third-order valence-corrected chi connectivity index (χ3v) is 4.78. The minimum absolute atomic E-state index is 0.0256. The smallest absolute Gasteiger partial charge is 0.220 e. The molecular formula is C19H22N6O. The maximum absolute atomic E-state index is 12.4. The monoisotopic (exact) mass is 350 g/mol. The summed E-state index contributed by atoms with van der Waals surface area (Å²) in [5.74, 6) is 0.884. The summed E-state index contributed by atoms with van der Waals surface area (Å²) >= 11 is 0. The average Bonchev–Trinajstić information content (AvgIpc) is 3.27. The van der Waals surface area contributed by atoms with E-state index in [0.29, 0.717) is 12.8 Å². The standard InChI is InChI=1S/C19H22N6O/c1-24-13-14(11-21-24)8-9-19(26)23-16-5-4-6-17-15(16)12-22-25(17)18-7-2-3-10-20-18/h2-3,7,10-13,16H,4-6,8-9H2,1H3,(H,23,26)/t16-/m1/s1. The molecule has 1 amide bonds. The third kappa shape index (κ3) is 3.37. The van der Waals surface area contributed by atoms with Crippen molar-refractivity contribution in [1.82, 2.24) is 29.9 Å². The first-order chi connectivity index (χ1) is 12.7. The lowest BCUT2D eigenvalue weighted by atomic mass is 9.92. The Morgan fingerprint density at radius 2 is 2.23 bits per heavy atom. The van der Waals surface area contributed by atoms with Crippen molar-refractivity contribution in [1.29, 1.82) is 0 Å². The number of nitrogens with one attached hydrogen (secondary N) is 1. The number of hydrogen-bond acceptors (Lipinski definition) is 4. The van der Waals surface area contributed by atoms with Gasteiger partial charge in [0.15, 0.2) is 5.82 Å². The fourth-order valence-corrected chi connectivity index (χ4v) is 3.51. The van der Waals surface area contributed by atoms with E-state index in [0.717, 1.165) is 41.9 Å². The second-order valence-corrected chi connectivity index (χ2v) is 6.68. The highest BCUT2D eigenvalue weighted by Crippen LogP contribution is 2.30. The first kappa shape index (κ1) is 16.5. The maximum atomic E-state index is 12.4. The topological polar surface area (TPSA) is 77.6 Å². The van der Waals surface area contributed by atoms with E-state index in [-0.39, 0.29) is 11.9 Å². The van der Waals surface area contributed by atoms with Crippen molar-refractivity contribution in [2.24, 2.45) is 7.05 Å². The Morgan fingerprint density at radius 1 is 1.31 bits per heavy atom. The van der Waals surface area contributed by atoms with Gasteiger partial charge in [0.25, 0.3) is 0 Å². The van der Waals surface area contributed by atoms with Crippen LogP contribution in [0.5, 0.6) is 0 Å². The van der Waals surface area contributed by atoms with E-state index in [2.05, 4.69) is 20.5 Å². The highest BCUT2D eigenvalue weighted by atomic mass is 16.1. The van der Waals surface area contributed by atoms with Gasteiger partial charge in [0, 0.05) is 31.4 Å². The van der Waals surface area contributed by atoms with E-state index < -0.39 is 0 Å². The molecule has 26 heavy (non-hydrogen) atoms. The summed E-state index contributed by atoms with van der Waals surface area (Å²) in [4.78, 5) is 16.8. The summed E-state index contributed by atoms with van der Waals surface area (Å²) in [7, 11) is 1.88.